The van der Waals surface area contributed by atoms with Crippen LogP contribution in [0, 0.1) is 0 Å². The Hall–Kier alpha value is -1.23. The van der Waals surface area contributed by atoms with Crippen LogP contribution in [-0.2, 0) is 0 Å². The molecule has 0 saturated heterocycles. The third-order valence-electron chi connectivity index (χ3n) is 1.54. The van der Waals surface area contributed by atoms with E-state index in [4.69, 9.17) is 0 Å². The van der Waals surface area contributed by atoms with Gasteiger partial charge in [-0.05, 0) is 15.9 Å². The molecule has 2 rings (SSSR count). The van der Waals surface area contributed by atoms with Gasteiger partial charge in [0, 0.05) is 15.9 Å². The van der Waals surface area contributed by atoms with Crippen LogP contribution in [0.3, 0.4) is 0 Å². The van der Waals surface area contributed by atoms with Crippen molar-refractivity contribution >= 4 is 34.4 Å². The Bertz CT molecular complexity index is 468. The largest absolute Gasteiger partial charge is 0.347 e. The maximum Gasteiger partial charge on any atom is 0.347 e. The average Bonchev–Trinajstić information content (AvgIpc) is 2.39. The Labute approximate surface area is 76.2 Å². The predicted molar refractivity (Wildman–Crippen MR) is 47.3 cm³/mol. The number of hydrogen-bond acceptors (Lipinski definition) is 2. The van der Waals surface area contributed by atoms with E-state index in [1.165, 1.54) is 0 Å². The number of aromatic nitrogens is 1. The van der Waals surface area contributed by atoms with E-state index in [9.17, 15) is 4.79 Å². The number of urea groups is 1. The highest BCUT2D eigenvalue weighted by Crippen LogP contribution is 2.03. The standard InChI is InChI=1S/C7H4BrN3O/c1-3-4(8)2-9-6-5(3)10-7(12)11-6/h2H,1H2,(H,9,11,12). The molecule has 60 valence electrons. The lowest BCUT2D eigenvalue weighted by atomic mass is 10.4. The lowest BCUT2D eigenvalue weighted by Crippen LogP contribution is -2.25. The fourth-order valence-corrected chi connectivity index (χ4v) is 1.25. The van der Waals surface area contributed by atoms with Crippen LogP contribution < -0.4 is 15.9 Å². The van der Waals surface area contributed by atoms with E-state index in [-0.39, 0.29) is 6.03 Å². The smallest absolute Gasteiger partial charge is 0.289 e. The number of amides is 2. The molecule has 4 nitrogen and oxygen atoms in total. The van der Waals surface area contributed by atoms with Gasteiger partial charge >= 0.3 is 6.03 Å². The van der Waals surface area contributed by atoms with E-state index >= 15 is 0 Å². The minimum absolute atomic E-state index is 0.388. The molecular weight excluding hydrogens is 222 g/mol. The quantitative estimate of drug-likeness (QED) is 0.696. The van der Waals surface area contributed by atoms with Crippen LogP contribution in [0.5, 0.6) is 0 Å². The van der Waals surface area contributed by atoms with Crippen LogP contribution in [0.15, 0.2) is 15.7 Å². The van der Waals surface area contributed by atoms with Crippen molar-refractivity contribution in [2.24, 2.45) is 4.99 Å². The predicted octanol–water partition coefficient (Wildman–Crippen LogP) is 0.419. The molecule has 2 heterocycles. The molecule has 1 aliphatic heterocycles. The first-order chi connectivity index (χ1) is 5.68. The second-order valence-corrected chi connectivity index (χ2v) is 3.18. The van der Waals surface area contributed by atoms with Gasteiger partial charge in [-0.25, -0.2) is 9.78 Å². The maximum atomic E-state index is 10.8. The number of nitrogens with zero attached hydrogens (tertiary/aromatic N) is 2. The maximum absolute atomic E-state index is 10.8. The lowest BCUT2D eigenvalue weighted by molar-refractivity contribution is 0.260. The summed E-state index contributed by atoms with van der Waals surface area (Å²) in [6, 6.07) is -0.388. The monoisotopic (exact) mass is 225 g/mol. The summed E-state index contributed by atoms with van der Waals surface area (Å²) in [5.41, 5.74) is 0. The summed E-state index contributed by atoms with van der Waals surface area (Å²) >= 11 is 3.24. The summed E-state index contributed by atoms with van der Waals surface area (Å²) in [6.45, 7) is 3.75. The molecule has 1 aromatic rings. The van der Waals surface area contributed by atoms with E-state index in [1.54, 1.807) is 6.20 Å². The Kier molecular flexibility index (Phi) is 1.47. The topological polar surface area (TPSA) is 54.4 Å². The first kappa shape index (κ1) is 7.42. The third-order valence-corrected chi connectivity index (χ3v) is 2.23. The molecule has 12 heavy (non-hydrogen) atoms. The van der Waals surface area contributed by atoms with Gasteiger partial charge < -0.3 is 0 Å². The number of fused-ring (bicyclic) bond motifs is 1. The number of rotatable bonds is 0. The number of pyridine rings is 1. The van der Waals surface area contributed by atoms with Gasteiger partial charge in [-0.2, -0.15) is 4.99 Å². The Morgan fingerprint density at radius 1 is 1.58 bits per heavy atom. The molecule has 0 saturated carbocycles. The van der Waals surface area contributed by atoms with Crippen LogP contribution in [-0.4, -0.2) is 11.0 Å². The van der Waals surface area contributed by atoms with Crippen molar-refractivity contribution in [1.82, 2.24) is 4.98 Å². The van der Waals surface area contributed by atoms with Gasteiger partial charge in [-0.3, -0.25) is 5.32 Å². The molecule has 0 aromatic carbocycles. The molecule has 0 fully saturated rings. The van der Waals surface area contributed by atoms with Crippen molar-refractivity contribution in [3.05, 3.63) is 21.2 Å². The summed E-state index contributed by atoms with van der Waals surface area (Å²) in [5, 5.41) is 3.69. The molecule has 1 aromatic heterocycles. The first-order valence-electron chi connectivity index (χ1n) is 3.21. The summed E-state index contributed by atoms with van der Waals surface area (Å²) in [6.07, 6.45) is 1.59. The highest BCUT2D eigenvalue weighted by molar-refractivity contribution is 9.10. The zero-order chi connectivity index (χ0) is 8.72. The van der Waals surface area contributed by atoms with Gasteiger partial charge in [-0.1, -0.05) is 6.58 Å². The van der Waals surface area contributed by atoms with E-state index in [0.717, 1.165) is 4.47 Å². The molecule has 0 atom stereocenters. The SMILES string of the molecule is C=c1c(Br)cnc2c1=NC(=O)N2. The number of nitrogens with one attached hydrogen (secondary N) is 1. The van der Waals surface area contributed by atoms with Gasteiger partial charge in [-0.15, -0.1) is 0 Å². The van der Waals surface area contributed by atoms with E-state index in [2.05, 4.69) is 37.8 Å². The first-order valence-corrected chi connectivity index (χ1v) is 4.01. The number of hydrogen-bond donors (Lipinski definition) is 1. The third kappa shape index (κ3) is 0.937. The molecule has 0 radical (unpaired) electrons. The van der Waals surface area contributed by atoms with Crippen LogP contribution >= 0.6 is 15.9 Å². The van der Waals surface area contributed by atoms with Gasteiger partial charge in [0.2, 0.25) is 0 Å². The molecule has 0 aliphatic carbocycles. The van der Waals surface area contributed by atoms with Gasteiger partial charge in [0.25, 0.3) is 0 Å². The van der Waals surface area contributed by atoms with Gasteiger partial charge in [0.05, 0.1) is 0 Å². The van der Waals surface area contributed by atoms with Crippen LogP contribution in [0.25, 0.3) is 6.58 Å². The zero-order valence-electron chi connectivity index (χ0n) is 5.97. The van der Waals surface area contributed by atoms with Crippen molar-refractivity contribution in [2.45, 2.75) is 0 Å². The average molecular weight is 226 g/mol. The summed E-state index contributed by atoms with van der Waals surface area (Å²) in [7, 11) is 0. The van der Waals surface area contributed by atoms with Crippen molar-refractivity contribution in [2.75, 3.05) is 5.32 Å². The number of halogens is 1. The molecule has 1 aliphatic rings. The summed E-state index contributed by atoms with van der Waals surface area (Å²) in [4.78, 5) is 18.5. The minimum Gasteiger partial charge on any atom is -0.289 e. The van der Waals surface area contributed by atoms with Crippen LogP contribution in [0.4, 0.5) is 10.6 Å². The van der Waals surface area contributed by atoms with Crippen LogP contribution in [0.1, 0.15) is 0 Å². The van der Waals surface area contributed by atoms with Gasteiger partial charge in [0.1, 0.15) is 5.36 Å². The lowest BCUT2D eigenvalue weighted by Gasteiger charge is -1.93. The van der Waals surface area contributed by atoms with Crippen molar-refractivity contribution < 1.29 is 4.79 Å². The molecule has 0 unspecified atom stereocenters. The van der Waals surface area contributed by atoms with E-state index < -0.39 is 0 Å². The fraction of sp³-hybridized carbons (Fsp3) is 0. The molecule has 2 amide bonds. The Morgan fingerprint density at radius 3 is 3.08 bits per heavy atom. The normalized spacial score (nSPS) is 13.6. The Morgan fingerprint density at radius 2 is 2.33 bits per heavy atom. The Balaban J connectivity index is 2.89. The van der Waals surface area contributed by atoms with Crippen molar-refractivity contribution in [3.63, 3.8) is 0 Å². The van der Waals surface area contributed by atoms with Crippen molar-refractivity contribution in [3.8, 4) is 0 Å². The zero-order valence-corrected chi connectivity index (χ0v) is 7.55. The van der Waals surface area contributed by atoms with E-state index in [0.29, 0.717) is 16.4 Å². The van der Waals surface area contributed by atoms with Gasteiger partial charge in [0.15, 0.2) is 5.82 Å². The highest BCUT2D eigenvalue weighted by Gasteiger charge is 2.12. The molecular formula is C7H4BrN3O. The van der Waals surface area contributed by atoms with E-state index in [1.807, 2.05) is 0 Å². The second kappa shape index (κ2) is 2.38. The molecule has 0 spiro atoms. The number of carbonyl (C=O) groups is 1. The highest BCUT2D eigenvalue weighted by atomic mass is 79.9. The summed E-state index contributed by atoms with van der Waals surface area (Å²) < 4.78 is 0.751. The summed E-state index contributed by atoms with van der Waals surface area (Å²) in [5.74, 6) is 0.480. The van der Waals surface area contributed by atoms with Crippen LogP contribution in [0.2, 0.25) is 0 Å². The van der Waals surface area contributed by atoms with Crippen molar-refractivity contribution in [1.29, 1.82) is 0 Å². The molecule has 1 N–H and O–H groups in total. The molecule has 5 heteroatoms. The molecule has 0 bridgehead atoms. The number of anilines is 1. The fourth-order valence-electron chi connectivity index (χ4n) is 0.959. The minimum atomic E-state index is -0.388. The number of carbonyl (C=O) groups excluding carboxylic acids is 1. The second-order valence-electron chi connectivity index (χ2n) is 2.32.